The van der Waals surface area contributed by atoms with E-state index in [4.69, 9.17) is 16.0 Å². The highest BCUT2D eigenvalue weighted by Crippen LogP contribution is 2.31. The number of phenolic OH excluding ortho intramolecular Hbond substituents is 1. The van der Waals surface area contributed by atoms with Crippen LogP contribution in [-0.4, -0.2) is 21.9 Å². The first-order valence-corrected chi connectivity index (χ1v) is 12.5. The Morgan fingerprint density at radius 2 is 1.68 bits per heavy atom. The average Bonchev–Trinajstić information content (AvgIpc) is 3.12. The molecule has 4 aromatic rings. The van der Waals surface area contributed by atoms with Crippen LogP contribution >= 0.6 is 11.6 Å². The Bertz CT molecular complexity index is 1460. The summed E-state index contributed by atoms with van der Waals surface area (Å²) in [5.74, 6) is -0.516. The summed E-state index contributed by atoms with van der Waals surface area (Å²) in [5.41, 5.74) is 0.528. The van der Waals surface area contributed by atoms with Crippen LogP contribution in [0.3, 0.4) is 0 Å². The van der Waals surface area contributed by atoms with Gasteiger partial charge < -0.3 is 9.52 Å². The second-order valence-corrected chi connectivity index (χ2v) is 10.8. The summed E-state index contributed by atoms with van der Waals surface area (Å²) in [6.07, 6.45) is 0. The predicted octanol–water partition coefficient (Wildman–Crippen LogP) is 4.57. The number of para-hydroxylation sites is 1. The van der Waals surface area contributed by atoms with Gasteiger partial charge in [0.05, 0.1) is 16.3 Å². The molecule has 0 unspecified atom stereocenters. The minimum atomic E-state index is -4.23. The molecule has 4 rings (SSSR count). The number of nitrogens with one attached hydrogen (secondary N) is 1. The van der Waals surface area contributed by atoms with Crippen LogP contribution in [0.15, 0.2) is 87.2 Å². The molecule has 0 radical (unpaired) electrons. The van der Waals surface area contributed by atoms with Gasteiger partial charge in [-0.1, -0.05) is 41.9 Å². The predicted molar refractivity (Wildman–Crippen MR) is 117 cm³/mol. The van der Waals surface area contributed by atoms with Gasteiger partial charge in [0, 0.05) is 16.5 Å². The maximum absolute atomic E-state index is 13.0. The highest BCUT2D eigenvalue weighted by molar-refractivity contribution is 7.93. The van der Waals surface area contributed by atoms with Crippen LogP contribution in [0.1, 0.15) is 5.56 Å². The fraction of sp³-hybridized carbons (Fsp3) is 0.0476. The molecular weight excluding hydrogens is 462 g/mol. The van der Waals surface area contributed by atoms with Crippen molar-refractivity contribution in [3.05, 3.63) is 83.4 Å². The number of sulfone groups is 1. The van der Waals surface area contributed by atoms with E-state index in [9.17, 15) is 21.9 Å². The SMILES string of the molecule is O=S(=O)(Cc1cccc(O)c1)c1ccc(Cl)cc1NS(=O)(=O)c1cc2ccccc2o1. The molecule has 0 saturated heterocycles. The Morgan fingerprint density at radius 3 is 2.42 bits per heavy atom. The summed E-state index contributed by atoms with van der Waals surface area (Å²) in [5, 5.41) is 9.98. The van der Waals surface area contributed by atoms with E-state index < -0.39 is 25.6 Å². The summed E-state index contributed by atoms with van der Waals surface area (Å²) in [6.45, 7) is 0. The van der Waals surface area contributed by atoms with Crippen LogP contribution in [0, 0.1) is 0 Å². The van der Waals surface area contributed by atoms with Crippen LogP contribution in [-0.2, 0) is 25.6 Å². The van der Waals surface area contributed by atoms with Crippen LogP contribution < -0.4 is 4.72 Å². The van der Waals surface area contributed by atoms with Gasteiger partial charge in [-0.25, -0.2) is 8.42 Å². The summed E-state index contributed by atoms with van der Waals surface area (Å²) in [7, 11) is -8.22. The van der Waals surface area contributed by atoms with Gasteiger partial charge in [0.2, 0.25) is 5.09 Å². The lowest BCUT2D eigenvalue weighted by atomic mass is 10.2. The highest BCUT2D eigenvalue weighted by Gasteiger charge is 2.26. The molecule has 160 valence electrons. The van der Waals surface area contributed by atoms with Gasteiger partial charge in [-0.2, -0.15) is 8.42 Å². The van der Waals surface area contributed by atoms with Gasteiger partial charge in [-0.3, -0.25) is 4.72 Å². The average molecular weight is 478 g/mol. The molecule has 0 atom stereocenters. The number of benzene rings is 3. The summed E-state index contributed by atoms with van der Waals surface area (Å²) >= 11 is 6.00. The van der Waals surface area contributed by atoms with Crippen LogP contribution in [0.2, 0.25) is 5.02 Å². The first-order chi connectivity index (χ1) is 14.6. The Labute approximate surface area is 183 Å². The number of anilines is 1. The summed E-state index contributed by atoms with van der Waals surface area (Å²) in [4.78, 5) is -0.250. The highest BCUT2D eigenvalue weighted by atomic mass is 35.5. The second kappa shape index (κ2) is 7.92. The first-order valence-electron chi connectivity index (χ1n) is 8.96. The van der Waals surface area contributed by atoms with Gasteiger partial charge in [0.25, 0.3) is 10.0 Å². The number of hydrogen-bond donors (Lipinski definition) is 2. The molecule has 3 aromatic carbocycles. The van der Waals surface area contributed by atoms with Crippen molar-refractivity contribution in [1.29, 1.82) is 0 Å². The minimum Gasteiger partial charge on any atom is -0.508 e. The quantitative estimate of drug-likeness (QED) is 0.420. The molecule has 1 heterocycles. The Hall–Kier alpha value is -3.01. The topological polar surface area (TPSA) is 114 Å². The molecule has 0 aliphatic heterocycles. The van der Waals surface area contributed by atoms with E-state index in [-0.39, 0.29) is 26.4 Å². The number of sulfonamides is 1. The Balaban J connectivity index is 1.72. The summed E-state index contributed by atoms with van der Waals surface area (Å²) in [6, 6.07) is 17.7. The second-order valence-electron chi connectivity index (χ2n) is 6.78. The Morgan fingerprint density at radius 1 is 0.903 bits per heavy atom. The number of fused-ring (bicyclic) bond motifs is 1. The number of rotatable bonds is 6. The molecular formula is C21H16ClNO6S2. The Kier molecular flexibility index (Phi) is 5.42. The van der Waals surface area contributed by atoms with Gasteiger partial charge in [0.15, 0.2) is 9.84 Å². The van der Waals surface area contributed by atoms with Crippen LogP contribution in [0.5, 0.6) is 5.75 Å². The van der Waals surface area contributed by atoms with Gasteiger partial charge in [-0.05, 0) is 42.0 Å². The fourth-order valence-electron chi connectivity index (χ4n) is 3.08. The third kappa shape index (κ3) is 4.53. The summed E-state index contributed by atoms with van der Waals surface area (Å²) < 4.78 is 59.5. The van der Waals surface area contributed by atoms with Crippen molar-refractivity contribution in [3.8, 4) is 5.75 Å². The standard InChI is InChI=1S/C21H16ClNO6S2/c22-16-8-9-20(30(25,26)13-14-4-3-6-17(24)10-14)18(12-16)23-31(27,28)21-11-15-5-1-2-7-19(15)29-21/h1-12,23-24H,13H2. The van der Waals surface area contributed by atoms with E-state index in [2.05, 4.69) is 4.72 Å². The van der Waals surface area contributed by atoms with Crippen molar-refractivity contribution < 1.29 is 26.4 Å². The lowest BCUT2D eigenvalue weighted by molar-refractivity contribution is 0.475. The van der Waals surface area contributed by atoms with Gasteiger partial charge in [0.1, 0.15) is 11.3 Å². The van der Waals surface area contributed by atoms with Crippen LogP contribution in [0.4, 0.5) is 5.69 Å². The van der Waals surface area contributed by atoms with Crippen LogP contribution in [0.25, 0.3) is 11.0 Å². The minimum absolute atomic E-state index is 0.0744. The van der Waals surface area contributed by atoms with E-state index in [0.717, 1.165) is 0 Å². The number of hydrogen-bond acceptors (Lipinski definition) is 6. The van der Waals surface area contributed by atoms with Crippen molar-refractivity contribution in [2.75, 3.05) is 4.72 Å². The van der Waals surface area contributed by atoms with E-state index in [0.29, 0.717) is 16.5 Å². The molecule has 0 aliphatic carbocycles. The van der Waals surface area contributed by atoms with E-state index in [1.807, 2.05) is 0 Å². The van der Waals surface area contributed by atoms with Crippen molar-refractivity contribution in [1.82, 2.24) is 0 Å². The van der Waals surface area contributed by atoms with E-state index >= 15 is 0 Å². The number of aromatic hydroxyl groups is 1. The maximum Gasteiger partial charge on any atom is 0.295 e. The molecule has 10 heteroatoms. The van der Waals surface area contributed by atoms with Crippen molar-refractivity contribution in [3.63, 3.8) is 0 Å². The van der Waals surface area contributed by atoms with E-state index in [1.54, 1.807) is 30.3 Å². The zero-order valence-electron chi connectivity index (χ0n) is 15.8. The first kappa shape index (κ1) is 21.2. The largest absolute Gasteiger partial charge is 0.508 e. The van der Waals surface area contributed by atoms with Gasteiger partial charge >= 0.3 is 0 Å². The molecule has 2 N–H and O–H groups in total. The molecule has 31 heavy (non-hydrogen) atoms. The van der Waals surface area contributed by atoms with Crippen molar-refractivity contribution in [2.45, 2.75) is 15.7 Å². The zero-order chi connectivity index (χ0) is 22.2. The zero-order valence-corrected chi connectivity index (χ0v) is 18.2. The number of furan rings is 1. The monoisotopic (exact) mass is 477 g/mol. The molecule has 1 aromatic heterocycles. The molecule has 7 nitrogen and oxygen atoms in total. The fourth-order valence-corrected chi connectivity index (χ4v) is 5.85. The van der Waals surface area contributed by atoms with E-state index in [1.165, 1.54) is 42.5 Å². The third-order valence-electron chi connectivity index (χ3n) is 4.46. The third-order valence-corrected chi connectivity index (χ3v) is 7.65. The van der Waals surface area contributed by atoms with Crippen molar-refractivity contribution >= 4 is 48.1 Å². The molecule has 0 bridgehead atoms. The molecule has 0 aliphatic rings. The maximum atomic E-state index is 13.0. The van der Waals surface area contributed by atoms with Crippen molar-refractivity contribution in [2.24, 2.45) is 0 Å². The number of halogens is 1. The number of phenols is 1. The van der Waals surface area contributed by atoms with Gasteiger partial charge in [-0.15, -0.1) is 0 Å². The smallest absolute Gasteiger partial charge is 0.295 e. The normalized spacial score (nSPS) is 12.2. The molecule has 0 spiro atoms. The molecule has 0 amide bonds. The molecule has 0 fully saturated rings. The lowest BCUT2D eigenvalue weighted by Gasteiger charge is -2.13. The lowest BCUT2D eigenvalue weighted by Crippen LogP contribution is -2.16. The molecule has 0 saturated carbocycles.